The lowest BCUT2D eigenvalue weighted by atomic mass is 10.0. The van der Waals surface area contributed by atoms with Crippen molar-refractivity contribution in [3.63, 3.8) is 0 Å². The van der Waals surface area contributed by atoms with Gasteiger partial charge in [-0.15, -0.1) is 0 Å². The number of nitrogen functional groups attached to an aromatic ring is 1. The van der Waals surface area contributed by atoms with Gasteiger partial charge >= 0.3 is 0 Å². The zero-order chi connectivity index (χ0) is 22.2. The predicted molar refractivity (Wildman–Crippen MR) is 128 cm³/mol. The number of aryl methyl sites for hydroxylation is 1. The van der Waals surface area contributed by atoms with E-state index in [0.717, 1.165) is 27.6 Å². The molecule has 2 aromatic carbocycles. The molecule has 0 atom stereocenters. The van der Waals surface area contributed by atoms with Gasteiger partial charge in [-0.1, -0.05) is 47.9 Å². The van der Waals surface area contributed by atoms with Crippen molar-refractivity contribution in [2.45, 2.75) is 26.8 Å². The Morgan fingerprint density at radius 1 is 0.969 bits per heavy atom. The van der Waals surface area contributed by atoms with Crippen molar-refractivity contribution in [2.24, 2.45) is 0 Å². The van der Waals surface area contributed by atoms with Gasteiger partial charge in [0.1, 0.15) is 17.8 Å². The van der Waals surface area contributed by atoms with E-state index < -0.39 is 0 Å². The van der Waals surface area contributed by atoms with Gasteiger partial charge in [0.15, 0.2) is 5.65 Å². The largest absolute Gasteiger partial charge is 0.383 e. The van der Waals surface area contributed by atoms with E-state index in [1.165, 1.54) is 11.9 Å². The number of pyridine rings is 1. The summed E-state index contributed by atoms with van der Waals surface area (Å²) in [7, 11) is 0. The molecule has 0 saturated carbocycles. The normalized spacial score (nSPS) is 11.1. The lowest BCUT2D eigenvalue weighted by Crippen LogP contribution is -2.04. The Morgan fingerprint density at radius 3 is 2.56 bits per heavy atom. The molecule has 0 aliphatic carbocycles. The van der Waals surface area contributed by atoms with Crippen LogP contribution in [0.2, 0.25) is 0 Å². The van der Waals surface area contributed by atoms with Crippen molar-refractivity contribution < 1.29 is 0 Å². The van der Waals surface area contributed by atoms with Gasteiger partial charge in [-0.2, -0.15) is 5.10 Å². The minimum absolute atomic E-state index is 0.129. The Bertz CT molecular complexity index is 1520. The van der Waals surface area contributed by atoms with E-state index in [9.17, 15) is 0 Å². The summed E-state index contributed by atoms with van der Waals surface area (Å²) in [5.74, 6) is 6.84. The summed E-state index contributed by atoms with van der Waals surface area (Å²) in [6.45, 7) is 6.17. The highest BCUT2D eigenvalue weighted by Gasteiger charge is 2.15. The third-order valence-electron chi connectivity index (χ3n) is 5.43. The summed E-state index contributed by atoms with van der Waals surface area (Å²) in [6, 6.07) is 16.7. The molecule has 0 radical (unpaired) electrons. The molecule has 6 nitrogen and oxygen atoms in total. The van der Waals surface area contributed by atoms with E-state index >= 15 is 0 Å². The zero-order valence-corrected chi connectivity index (χ0v) is 18.2. The van der Waals surface area contributed by atoms with Crippen LogP contribution in [0.15, 0.2) is 61.1 Å². The average molecular weight is 419 g/mol. The highest BCUT2D eigenvalue weighted by atomic mass is 15.3. The molecule has 0 aliphatic heterocycles. The monoisotopic (exact) mass is 418 g/mol. The van der Waals surface area contributed by atoms with Crippen molar-refractivity contribution in [3.05, 3.63) is 77.9 Å². The topological polar surface area (TPSA) is 82.5 Å². The van der Waals surface area contributed by atoms with E-state index in [1.807, 2.05) is 36.9 Å². The Balaban J connectivity index is 1.60. The fourth-order valence-corrected chi connectivity index (χ4v) is 3.73. The maximum absolute atomic E-state index is 6.13. The number of fused-ring (bicyclic) bond motifs is 2. The number of aromatic nitrogens is 5. The molecule has 0 fully saturated rings. The maximum atomic E-state index is 6.13. The van der Waals surface area contributed by atoms with Crippen molar-refractivity contribution in [3.8, 4) is 23.1 Å². The van der Waals surface area contributed by atoms with E-state index in [2.05, 4.69) is 75.2 Å². The van der Waals surface area contributed by atoms with Crippen LogP contribution in [0, 0.1) is 18.8 Å². The quantitative estimate of drug-likeness (QED) is 0.412. The summed E-state index contributed by atoms with van der Waals surface area (Å²) in [6.07, 6.45) is 3.34. The number of hydrogen-bond acceptors (Lipinski definition) is 5. The van der Waals surface area contributed by atoms with Crippen LogP contribution in [-0.2, 0) is 0 Å². The van der Waals surface area contributed by atoms with Crippen molar-refractivity contribution in [2.75, 3.05) is 5.73 Å². The van der Waals surface area contributed by atoms with Gasteiger partial charge in [0, 0.05) is 28.8 Å². The fraction of sp³-hybridized carbons (Fsp3) is 0.154. The Morgan fingerprint density at radius 2 is 1.78 bits per heavy atom. The first-order valence-corrected chi connectivity index (χ1v) is 10.5. The Labute approximate surface area is 186 Å². The first kappa shape index (κ1) is 19.7. The molecular formula is C26H22N6. The second-order valence-electron chi connectivity index (χ2n) is 8.06. The van der Waals surface area contributed by atoms with E-state index in [0.29, 0.717) is 22.5 Å². The number of benzene rings is 2. The molecule has 2 N–H and O–H groups in total. The molecule has 3 heterocycles. The van der Waals surface area contributed by atoms with Gasteiger partial charge in [0.05, 0.1) is 11.1 Å². The third-order valence-corrected chi connectivity index (χ3v) is 5.43. The maximum Gasteiger partial charge on any atom is 0.164 e. The molecule has 3 aromatic heterocycles. The fourth-order valence-electron chi connectivity index (χ4n) is 3.73. The van der Waals surface area contributed by atoms with Crippen LogP contribution in [-0.4, -0.2) is 24.7 Å². The Hall–Kier alpha value is -4.24. The zero-order valence-electron chi connectivity index (χ0n) is 18.2. The molecule has 0 amide bonds. The van der Waals surface area contributed by atoms with E-state index in [-0.39, 0.29) is 6.04 Å². The standard InChI is InChI=1S/C26H22N6/c1-16(2)32-26-24(25(27)29-15-30-26)22(31-32)12-11-18-5-4-6-20-13-23(28-14-21(18)20)19-9-7-17(3)8-10-19/h4-10,13-16H,1-3H3,(H2,27,29,30). The average Bonchev–Trinajstić information content (AvgIpc) is 3.18. The number of rotatable bonds is 2. The number of nitrogens with two attached hydrogens (primary N) is 1. The molecule has 156 valence electrons. The predicted octanol–water partition coefficient (Wildman–Crippen LogP) is 4.91. The number of nitrogens with zero attached hydrogens (tertiary/aromatic N) is 5. The second kappa shape index (κ2) is 7.78. The molecule has 0 spiro atoms. The second-order valence-corrected chi connectivity index (χ2v) is 8.06. The Kier molecular flexibility index (Phi) is 4.79. The smallest absolute Gasteiger partial charge is 0.164 e. The molecule has 5 aromatic rings. The SMILES string of the molecule is Cc1ccc(-c2cc3cccc(C#Cc4nn(C(C)C)c5ncnc(N)c45)c3cn2)cc1. The van der Waals surface area contributed by atoms with Crippen LogP contribution in [0.3, 0.4) is 0 Å². The minimum Gasteiger partial charge on any atom is -0.383 e. The van der Waals surface area contributed by atoms with Gasteiger partial charge in [0.25, 0.3) is 0 Å². The minimum atomic E-state index is 0.129. The van der Waals surface area contributed by atoms with E-state index in [4.69, 9.17) is 5.73 Å². The highest BCUT2D eigenvalue weighted by Crippen LogP contribution is 2.26. The lowest BCUT2D eigenvalue weighted by molar-refractivity contribution is 0.545. The molecule has 6 heteroatoms. The van der Waals surface area contributed by atoms with Crippen LogP contribution in [0.25, 0.3) is 33.1 Å². The van der Waals surface area contributed by atoms with Gasteiger partial charge in [-0.05, 0) is 44.2 Å². The third kappa shape index (κ3) is 3.44. The number of anilines is 1. The summed E-state index contributed by atoms with van der Waals surface area (Å²) in [5.41, 5.74) is 11.5. The van der Waals surface area contributed by atoms with Gasteiger partial charge < -0.3 is 5.73 Å². The highest BCUT2D eigenvalue weighted by molar-refractivity contribution is 5.92. The summed E-state index contributed by atoms with van der Waals surface area (Å²) in [4.78, 5) is 13.2. The van der Waals surface area contributed by atoms with Gasteiger partial charge in [0.2, 0.25) is 0 Å². The van der Waals surface area contributed by atoms with Crippen molar-refractivity contribution >= 4 is 27.6 Å². The molecule has 32 heavy (non-hydrogen) atoms. The first-order chi connectivity index (χ1) is 15.5. The van der Waals surface area contributed by atoms with Crippen molar-refractivity contribution in [1.82, 2.24) is 24.7 Å². The molecular weight excluding hydrogens is 396 g/mol. The van der Waals surface area contributed by atoms with Crippen molar-refractivity contribution in [1.29, 1.82) is 0 Å². The van der Waals surface area contributed by atoms with Crippen LogP contribution in [0.4, 0.5) is 5.82 Å². The van der Waals surface area contributed by atoms with Crippen LogP contribution in [0.5, 0.6) is 0 Å². The summed E-state index contributed by atoms with van der Waals surface area (Å²) < 4.78 is 1.83. The molecule has 5 rings (SSSR count). The van der Waals surface area contributed by atoms with E-state index in [1.54, 1.807) is 0 Å². The molecule has 0 saturated heterocycles. The molecule has 0 bridgehead atoms. The first-order valence-electron chi connectivity index (χ1n) is 10.5. The van der Waals surface area contributed by atoms with Gasteiger partial charge in [-0.25, -0.2) is 14.6 Å². The summed E-state index contributed by atoms with van der Waals surface area (Å²) >= 11 is 0. The number of hydrogen-bond donors (Lipinski definition) is 1. The van der Waals surface area contributed by atoms with Gasteiger partial charge in [-0.3, -0.25) is 4.98 Å². The molecule has 0 aliphatic rings. The molecule has 0 unspecified atom stereocenters. The van der Waals surface area contributed by atoms with Crippen LogP contribution >= 0.6 is 0 Å². The van der Waals surface area contributed by atoms with Crippen LogP contribution < -0.4 is 5.73 Å². The lowest BCUT2D eigenvalue weighted by Gasteiger charge is -2.05. The summed E-state index contributed by atoms with van der Waals surface area (Å²) in [5, 5.41) is 7.42. The van der Waals surface area contributed by atoms with Crippen LogP contribution in [0.1, 0.15) is 36.7 Å².